The minimum Gasteiger partial charge on any atom is -0.495 e. The summed E-state index contributed by atoms with van der Waals surface area (Å²) in [6, 6.07) is 11.6. The molecular weight excluding hydrogens is 500 g/mol. The molecule has 2 saturated carbocycles. The molecule has 3 aliphatic rings. The van der Waals surface area contributed by atoms with Crippen LogP contribution in [-0.4, -0.2) is 35.8 Å². The van der Waals surface area contributed by atoms with Crippen molar-refractivity contribution < 1.29 is 23.9 Å². The van der Waals surface area contributed by atoms with Crippen LogP contribution >= 0.6 is 27.5 Å². The maximum absolute atomic E-state index is 13.1. The van der Waals surface area contributed by atoms with E-state index >= 15 is 0 Å². The van der Waals surface area contributed by atoms with Crippen molar-refractivity contribution >= 4 is 56.7 Å². The summed E-state index contributed by atoms with van der Waals surface area (Å²) in [6.45, 7) is 0. The van der Waals surface area contributed by atoms with E-state index in [0.717, 1.165) is 6.42 Å². The number of halogens is 2. The largest absolute Gasteiger partial charge is 0.495 e. The van der Waals surface area contributed by atoms with E-state index in [1.165, 1.54) is 7.11 Å². The predicted molar refractivity (Wildman–Crippen MR) is 122 cm³/mol. The van der Waals surface area contributed by atoms with Crippen molar-refractivity contribution in [3.63, 3.8) is 0 Å². The first-order chi connectivity index (χ1) is 15.4. The third-order valence-corrected chi connectivity index (χ3v) is 8.06. The van der Waals surface area contributed by atoms with Crippen molar-refractivity contribution in [2.24, 2.45) is 23.7 Å². The fourth-order valence-electron chi connectivity index (χ4n) is 5.27. The topological polar surface area (TPSA) is 93.7 Å². The SMILES string of the molecule is COc1ccc(Cl)cc1NC(=O)c1cccc(NC(=O)[C@@H]2[C@H]3C[C@H]4[C@H](OC(=O)[C@@H]42)[C@H]3Br)c1. The van der Waals surface area contributed by atoms with Crippen molar-refractivity contribution in [2.45, 2.75) is 17.4 Å². The Morgan fingerprint density at radius 3 is 2.75 bits per heavy atom. The van der Waals surface area contributed by atoms with E-state index in [1.54, 1.807) is 42.5 Å². The maximum atomic E-state index is 13.1. The maximum Gasteiger partial charge on any atom is 0.310 e. The lowest BCUT2D eigenvalue weighted by Gasteiger charge is -2.27. The van der Waals surface area contributed by atoms with Gasteiger partial charge in [-0.25, -0.2) is 0 Å². The third-order valence-electron chi connectivity index (χ3n) is 6.63. The van der Waals surface area contributed by atoms with Gasteiger partial charge in [0.2, 0.25) is 5.91 Å². The van der Waals surface area contributed by atoms with Crippen molar-refractivity contribution in [2.75, 3.05) is 17.7 Å². The molecule has 32 heavy (non-hydrogen) atoms. The smallest absolute Gasteiger partial charge is 0.310 e. The van der Waals surface area contributed by atoms with Crippen LogP contribution in [0.2, 0.25) is 5.02 Å². The number of carbonyl (C=O) groups excluding carboxylic acids is 3. The van der Waals surface area contributed by atoms with Crippen LogP contribution in [0.5, 0.6) is 5.75 Å². The number of benzene rings is 2. The monoisotopic (exact) mass is 518 g/mol. The molecule has 2 amide bonds. The first-order valence-electron chi connectivity index (χ1n) is 10.3. The molecule has 5 rings (SSSR count). The van der Waals surface area contributed by atoms with Crippen LogP contribution in [0.1, 0.15) is 16.8 Å². The molecule has 166 valence electrons. The van der Waals surface area contributed by atoms with Gasteiger partial charge in [0.25, 0.3) is 5.91 Å². The number of amides is 2. The molecule has 6 atom stereocenters. The molecule has 1 aliphatic heterocycles. The van der Waals surface area contributed by atoms with E-state index in [2.05, 4.69) is 26.6 Å². The number of ether oxygens (including phenoxy) is 2. The van der Waals surface area contributed by atoms with Crippen molar-refractivity contribution in [1.82, 2.24) is 0 Å². The van der Waals surface area contributed by atoms with E-state index in [0.29, 0.717) is 27.7 Å². The van der Waals surface area contributed by atoms with Gasteiger partial charge in [-0.3, -0.25) is 14.4 Å². The molecule has 2 aromatic rings. The predicted octanol–water partition coefficient (Wildman–Crippen LogP) is 4.11. The van der Waals surface area contributed by atoms with Gasteiger partial charge in [-0.05, 0) is 48.7 Å². The summed E-state index contributed by atoms with van der Waals surface area (Å²) >= 11 is 9.65. The van der Waals surface area contributed by atoms with E-state index < -0.39 is 5.92 Å². The van der Waals surface area contributed by atoms with Crippen molar-refractivity contribution in [3.8, 4) is 5.75 Å². The Balaban J connectivity index is 1.32. The Hall–Kier alpha value is -2.58. The number of anilines is 2. The average molecular weight is 520 g/mol. The molecule has 0 radical (unpaired) electrons. The Morgan fingerprint density at radius 2 is 1.97 bits per heavy atom. The van der Waals surface area contributed by atoms with Gasteiger partial charge >= 0.3 is 5.97 Å². The lowest BCUT2D eigenvalue weighted by molar-refractivity contribution is -0.145. The molecule has 9 heteroatoms. The molecule has 3 fully saturated rings. The highest BCUT2D eigenvalue weighted by Crippen LogP contribution is 2.60. The molecular formula is C23H20BrClN2O5. The molecule has 2 N–H and O–H groups in total. The molecule has 2 aliphatic carbocycles. The Morgan fingerprint density at radius 1 is 1.16 bits per heavy atom. The lowest BCUT2D eigenvalue weighted by Crippen LogP contribution is -2.40. The summed E-state index contributed by atoms with van der Waals surface area (Å²) < 4.78 is 10.7. The fourth-order valence-corrected chi connectivity index (χ4v) is 6.48. The summed E-state index contributed by atoms with van der Waals surface area (Å²) in [5.74, 6) is -1.07. The van der Waals surface area contributed by atoms with E-state index in [4.69, 9.17) is 21.1 Å². The van der Waals surface area contributed by atoms with Gasteiger partial charge in [-0.1, -0.05) is 33.6 Å². The molecule has 2 bridgehead atoms. The van der Waals surface area contributed by atoms with E-state index in [-0.39, 0.29) is 46.5 Å². The molecule has 7 nitrogen and oxygen atoms in total. The highest BCUT2D eigenvalue weighted by atomic mass is 79.9. The fraction of sp³-hybridized carbons (Fsp3) is 0.348. The van der Waals surface area contributed by atoms with Crippen LogP contribution in [0.4, 0.5) is 11.4 Å². The number of carbonyl (C=O) groups is 3. The van der Waals surface area contributed by atoms with Gasteiger partial charge in [0.05, 0.1) is 29.5 Å². The molecule has 0 aromatic heterocycles. The number of methoxy groups -OCH3 is 1. The van der Waals surface area contributed by atoms with Crippen LogP contribution in [0.3, 0.4) is 0 Å². The van der Waals surface area contributed by atoms with E-state index in [9.17, 15) is 14.4 Å². The number of alkyl halides is 1. The lowest BCUT2D eigenvalue weighted by atomic mass is 9.79. The second-order valence-corrected chi connectivity index (χ2v) is 9.82. The summed E-state index contributed by atoms with van der Waals surface area (Å²) in [5.41, 5.74) is 1.29. The zero-order valence-corrected chi connectivity index (χ0v) is 19.4. The number of rotatable bonds is 5. The quantitative estimate of drug-likeness (QED) is 0.458. The number of nitrogens with one attached hydrogen (secondary N) is 2. The first-order valence-corrected chi connectivity index (χ1v) is 11.6. The summed E-state index contributed by atoms with van der Waals surface area (Å²) in [5, 5.41) is 6.13. The minimum atomic E-state index is -0.441. The Labute approximate surface area is 197 Å². The standard InChI is InChI=1S/C23H20BrClN2O5/c1-31-16-6-5-11(25)8-15(16)27-21(28)10-3-2-4-12(7-10)26-22(29)17-13-9-14-18(17)23(30)32-20(14)19(13)24/h2-8,13-14,17-20H,9H2,1H3,(H,26,29)(H,27,28)/t13-,14-,17-,18+,19+,20+/m1/s1. The zero-order chi connectivity index (χ0) is 22.6. The number of hydrogen-bond acceptors (Lipinski definition) is 5. The van der Waals surface area contributed by atoms with Gasteiger partial charge in [0.15, 0.2) is 0 Å². The van der Waals surface area contributed by atoms with E-state index in [1.807, 2.05) is 0 Å². The van der Waals surface area contributed by atoms with Crippen LogP contribution < -0.4 is 15.4 Å². The Kier molecular flexibility index (Phi) is 5.37. The van der Waals surface area contributed by atoms with Crippen LogP contribution in [0, 0.1) is 23.7 Å². The van der Waals surface area contributed by atoms with Crippen molar-refractivity contribution in [1.29, 1.82) is 0 Å². The van der Waals surface area contributed by atoms with Gasteiger partial charge in [-0.15, -0.1) is 0 Å². The summed E-state index contributed by atoms with van der Waals surface area (Å²) in [6.07, 6.45) is 0.677. The molecule has 0 unspecified atom stereocenters. The van der Waals surface area contributed by atoms with Gasteiger partial charge in [0.1, 0.15) is 11.9 Å². The van der Waals surface area contributed by atoms with Gasteiger partial charge in [0, 0.05) is 22.2 Å². The second kappa shape index (κ2) is 8.08. The zero-order valence-electron chi connectivity index (χ0n) is 17.0. The minimum absolute atomic E-state index is 0.00395. The summed E-state index contributed by atoms with van der Waals surface area (Å²) in [7, 11) is 1.50. The van der Waals surface area contributed by atoms with Crippen molar-refractivity contribution in [3.05, 3.63) is 53.1 Å². The van der Waals surface area contributed by atoms with Crippen LogP contribution in [-0.2, 0) is 14.3 Å². The highest BCUT2D eigenvalue weighted by molar-refractivity contribution is 9.09. The van der Waals surface area contributed by atoms with Crippen LogP contribution in [0.15, 0.2) is 42.5 Å². The number of fused-ring (bicyclic) bond motifs is 1. The molecule has 1 heterocycles. The van der Waals surface area contributed by atoms with Crippen LogP contribution in [0.25, 0.3) is 0 Å². The van der Waals surface area contributed by atoms with Gasteiger partial charge in [-0.2, -0.15) is 0 Å². The average Bonchev–Trinajstić information content (AvgIpc) is 3.38. The normalized spacial score (nSPS) is 29.5. The molecule has 1 saturated heterocycles. The molecule has 2 aromatic carbocycles. The highest BCUT2D eigenvalue weighted by Gasteiger charge is 2.67. The van der Waals surface area contributed by atoms with Gasteiger partial charge < -0.3 is 20.1 Å². The molecule has 0 spiro atoms. The first kappa shape index (κ1) is 21.3. The third kappa shape index (κ3) is 3.46. The Bertz CT molecular complexity index is 1130. The second-order valence-electron chi connectivity index (χ2n) is 8.33. The summed E-state index contributed by atoms with van der Waals surface area (Å²) in [4.78, 5) is 38.2. The number of hydrogen-bond donors (Lipinski definition) is 2. The number of esters is 1.